The average molecular weight is 358 g/mol. The molecule has 0 saturated carbocycles. The lowest BCUT2D eigenvalue weighted by atomic mass is 10.2. The zero-order valence-corrected chi connectivity index (χ0v) is 15.3. The number of aryl methyl sites for hydroxylation is 1. The number of rotatable bonds is 5. The Bertz CT molecular complexity index is 846. The third-order valence-electron chi connectivity index (χ3n) is 4.88. The van der Waals surface area contributed by atoms with E-state index < -0.39 is 0 Å². The average Bonchev–Trinajstić information content (AvgIpc) is 3.02. The van der Waals surface area contributed by atoms with Gasteiger partial charge in [-0.15, -0.1) is 0 Å². The third-order valence-corrected chi connectivity index (χ3v) is 4.88. The van der Waals surface area contributed by atoms with Gasteiger partial charge < -0.3 is 10.2 Å². The number of nitrogens with one attached hydrogen (secondary N) is 1. The second-order valence-electron chi connectivity index (χ2n) is 6.83. The number of benzene rings is 1. The van der Waals surface area contributed by atoms with Crippen LogP contribution in [0.3, 0.4) is 0 Å². The monoisotopic (exact) mass is 358 g/mol. The van der Waals surface area contributed by atoms with Gasteiger partial charge in [-0.05, 0) is 44.0 Å². The zero-order valence-electron chi connectivity index (χ0n) is 15.3. The molecular formula is C19H23FN4O2. The minimum absolute atomic E-state index is 0.0403. The summed E-state index contributed by atoms with van der Waals surface area (Å²) in [6.07, 6.45) is 0.261. The summed E-state index contributed by atoms with van der Waals surface area (Å²) in [7, 11) is 0. The lowest BCUT2D eigenvalue weighted by Crippen LogP contribution is -2.39. The number of halogens is 1. The molecule has 2 amide bonds. The van der Waals surface area contributed by atoms with Crippen LogP contribution in [0.5, 0.6) is 0 Å². The molecule has 3 rings (SSSR count). The van der Waals surface area contributed by atoms with Gasteiger partial charge in [0.25, 0.3) is 0 Å². The Morgan fingerprint density at radius 3 is 2.77 bits per heavy atom. The van der Waals surface area contributed by atoms with Crippen LogP contribution < -0.4 is 5.32 Å². The predicted octanol–water partition coefficient (Wildman–Crippen LogP) is 1.86. The summed E-state index contributed by atoms with van der Waals surface area (Å²) in [5, 5.41) is 7.27. The topological polar surface area (TPSA) is 67.2 Å². The molecule has 0 spiro atoms. The normalized spacial score (nSPS) is 17.0. The Morgan fingerprint density at radius 1 is 1.35 bits per heavy atom. The van der Waals surface area contributed by atoms with Gasteiger partial charge in [0.1, 0.15) is 12.4 Å². The van der Waals surface area contributed by atoms with Gasteiger partial charge in [-0.3, -0.25) is 14.3 Å². The Morgan fingerprint density at radius 2 is 2.12 bits per heavy atom. The Hall–Kier alpha value is -2.70. The zero-order chi connectivity index (χ0) is 18.8. The third kappa shape index (κ3) is 3.92. The summed E-state index contributed by atoms with van der Waals surface area (Å²) in [6.45, 7) is 6.73. The molecule has 26 heavy (non-hydrogen) atoms. The number of amides is 2. The van der Waals surface area contributed by atoms with Crippen LogP contribution in [0.2, 0.25) is 0 Å². The van der Waals surface area contributed by atoms with Crippen molar-refractivity contribution in [2.24, 2.45) is 0 Å². The Balaban J connectivity index is 1.56. The van der Waals surface area contributed by atoms with Crippen LogP contribution in [0.1, 0.15) is 28.9 Å². The maximum atomic E-state index is 13.3. The van der Waals surface area contributed by atoms with Crippen molar-refractivity contribution in [2.45, 2.75) is 46.3 Å². The lowest BCUT2D eigenvalue weighted by Gasteiger charge is -2.17. The molecule has 1 N–H and O–H groups in total. The van der Waals surface area contributed by atoms with Gasteiger partial charge >= 0.3 is 0 Å². The summed E-state index contributed by atoms with van der Waals surface area (Å²) < 4.78 is 15.0. The molecule has 2 heterocycles. The van der Waals surface area contributed by atoms with Crippen LogP contribution in [0.25, 0.3) is 0 Å². The van der Waals surface area contributed by atoms with E-state index in [2.05, 4.69) is 10.4 Å². The predicted molar refractivity (Wildman–Crippen MR) is 94.8 cm³/mol. The van der Waals surface area contributed by atoms with E-state index in [0.29, 0.717) is 13.1 Å². The van der Waals surface area contributed by atoms with Gasteiger partial charge in [0, 0.05) is 25.2 Å². The highest BCUT2D eigenvalue weighted by Gasteiger charge is 2.30. The van der Waals surface area contributed by atoms with Crippen LogP contribution in [-0.4, -0.2) is 39.1 Å². The molecule has 7 heteroatoms. The summed E-state index contributed by atoms with van der Waals surface area (Å²) in [4.78, 5) is 26.1. The molecule has 6 nitrogen and oxygen atoms in total. The van der Waals surface area contributed by atoms with Crippen LogP contribution in [0.4, 0.5) is 4.39 Å². The fraction of sp³-hybridized carbons (Fsp3) is 0.421. The van der Waals surface area contributed by atoms with Gasteiger partial charge in [0.15, 0.2) is 0 Å². The number of nitrogens with zero attached hydrogens (tertiary/aromatic N) is 3. The first-order valence-corrected chi connectivity index (χ1v) is 8.65. The fourth-order valence-corrected chi connectivity index (χ4v) is 3.23. The minimum Gasteiger partial charge on any atom is -0.349 e. The van der Waals surface area contributed by atoms with Crippen molar-refractivity contribution < 1.29 is 14.0 Å². The van der Waals surface area contributed by atoms with E-state index in [-0.39, 0.29) is 36.6 Å². The Labute approximate surface area is 152 Å². The van der Waals surface area contributed by atoms with Crippen molar-refractivity contribution in [1.82, 2.24) is 20.0 Å². The molecule has 0 unspecified atom stereocenters. The van der Waals surface area contributed by atoms with E-state index in [1.54, 1.807) is 21.7 Å². The van der Waals surface area contributed by atoms with Crippen LogP contribution >= 0.6 is 0 Å². The first-order valence-electron chi connectivity index (χ1n) is 8.65. The number of hydrogen-bond acceptors (Lipinski definition) is 3. The highest BCUT2D eigenvalue weighted by molar-refractivity contribution is 5.82. The van der Waals surface area contributed by atoms with E-state index in [1.165, 1.54) is 12.1 Å². The molecule has 138 valence electrons. The van der Waals surface area contributed by atoms with E-state index in [9.17, 15) is 14.0 Å². The van der Waals surface area contributed by atoms with E-state index in [1.807, 2.05) is 20.8 Å². The second-order valence-corrected chi connectivity index (χ2v) is 6.83. The number of hydrogen-bond donors (Lipinski definition) is 1. The Kier molecular flexibility index (Phi) is 5.06. The molecule has 1 aliphatic heterocycles. The molecule has 1 atom stereocenters. The molecule has 0 aliphatic carbocycles. The molecule has 1 aromatic heterocycles. The number of aromatic nitrogens is 2. The smallest absolute Gasteiger partial charge is 0.242 e. The molecule has 1 saturated heterocycles. The van der Waals surface area contributed by atoms with Gasteiger partial charge in [0.2, 0.25) is 11.8 Å². The van der Waals surface area contributed by atoms with E-state index >= 15 is 0 Å². The first-order chi connectivity index (χ1) is 12.3. The second kappa shape index (κ2) is 7.27. The number of carbonyl (C=O) groups excluding carboxylic acids is 2. The van der Waals surface area contributed by atoms with Crippen LogP contribution in [-0.2, 0) is 22.7 Å². The van der Waals surface area contributed by atoms with Crippen molar-refractivity contribution in [2.75, 3.05) is 6.54 Å². The summed E-state index contributed by atoms with van der Waals surface area (Å²) >= 11 is 0. The molecule has 0 radical (unpaired) electrons. The van der Waals surface area contributed by atoms with Crippen molar-refractivity contribution in [3.63, 3.8) is 0 Å². The van der Waals surface area contributed by atoms with E-state index in [0.717, 1.165) is 22.5 Å². The quantitative estimate of drug-likeness (QED) is 0.887. The van der Waals surface area contributed by atoms with Crippen LogP contribution in [0, 0.1) is 26.6 Å². The van der Waals surface area contributed by atoms with Gasteiger partial charge in [-0.1, -0.05) is 12.1 Å². The number of likely N-dealkylation sites (tertiary alicyclic amines) is 1. The fourth-order valence-electron chi connectivity index (χ4n) is 3.23. The SMILES string of the molecule is Cc1nn(CC(=O)N[C@@H]2CC(=O)N(Cc3cccc(F)c3)C2)c(C)c1C. The van der Waals surface area contributed by atoms with Crippen LogP contribution in [0.15, 0.2) is 24.3 Å². The summed E-state index contributed by atoms with van der Waals surface area (Å²) in [5.41, 5.74) is 3.69. The molecule has 0 bridgehead atoms. The van der Waals surface area contributed by atoms with Crippen molar-refractivity contribution in [3.05, 3.63) is 52.6 Å². The van der Waals surface area contributed by atoms with Crippen molar-refractivity contribution in [3.8, 4) is 0 Å². The summed E-state index contributed by atoms with van der Waals surface area (Å²) in [6, 6.07) is 5.97. The highest BCUT2D eigenvalue weighted by atomic mass is 19.1. The highest BCUT2D eigenvalue weighted by Crippen LogP contribution is 2.16. The molecule has 1 aromatic carbocycles. The molecule has 1 aliphatic rings. The molecular weight excluding hydrogens is 335 g/mol. The molecule has 1 fully saturated rings. The van der Waals surface area contributed by atoms with Gasteiger partial charge in [-0.2, -0.15) is 5.10 Å². The van der Waals surface area contributed by atoms with Crippen molar-refractivity contribution >= 4 is 11.8 Å². The van der Waals surface area contributed by atoms with Crippen molar-refractivity contribution in [1.29, 1.82) is 0 Å². The standard InChI is InChI=1S/C19H23FN4O2/c1-12-13(2)22-24(14(12)3)11-18(25)21-17-8-19(26)23(10-17)9-15-5-4-6-16(20)7-15/h4-7,17H,8-11H2,1-3H3,(H,21,25)/t17-/m1/s1. The summed E-state index contributed by atoms with van der Waals surface area (Å²) in [5.74, 6) is -0.526. The largest absolute Gasteiger partial charge is 0.349 e. The maximum absolute atomic E-state index is 13.3. The van der Waals surface area contributed by atoms with E-state index in [4.69, 9.17) is 0 Å². The number of carbonyl (C=O) groups is 2. The van der Waals surface area contributed by atoms with Gasteiger partial charge in [0.05, 0.1) is 11.7 Å². The minimum atomic E-state index is -0.320. The van der Waals surface area contributed by atoms with Gasteiger partial charge in [-0.25, -0.2) is 4.39 Å². The molecule has 2 aromatic rings. The first kappa shape index (κ1) is 18.1. The maximum Gasteiger partial charge on any atom is 0.242 e. The lowest BCUT2D eigenvalue weighted by molar-refractivity contribution is -0.128.